The Morgan fingerprint density at radius 2 is 2.16 bits per heavy atom. The Labute approximate surface area is 116 Å². The molecule has 1 aromatic carbocycles. The van der Waals surface area contributed by atoms with Gasteiger partial charge in [-0.1, -0.05) is 17.7 Å². The smallest absolute Gasteiger partial charge is 0.318 e. The molecule has 1 rings (SSSR count). The van der Waals surface area contributed by atoms with Crippen LogP contribution in [0.2, 0.25) is 5.02 Å². The molecule has 0 saturated heterocycles. The number of nitrogens with zero attached hydrogens (tertiary/aromatic N) is 1. The second-order valence-corrected chi connectivity index (χ2v) is 6.06. The molecule has 0 aliphatic carbocycles. The van der Waals surface area contributed by atoms with Gasteiger partial charge in [-0.15, -0.1) is 0 Å². The van der Waals surface area contributed by atoms with E-state index in [0.29, 0.717) is 0 Å². The number of sulfonamides is 1. The highest BCUT2D eigenvalue weighted by molar-refractivity contribution is 7.89. The largest absolute Gasteiger partial charge is 0.480 e. The third-order valence-electron chi connectivity index (χ3n) is 2.29. The molecule has 0 heterocycles. The van der Waals surface area contributed by atoms with Crippen LogP contribution in [0.3, 0.4) is 0 Å². The van der Waals surface area contributed by atoms with Crippen molar-refractivity contribution in [1.82, 2.24) is 4.31 Å². The molecule has 0 bridgehead atoms. The summed E-state index contributed by atoms with van der Waals surface area (Å²) in [5.74, 6) is -1.23. The maximum Gasteiger partial charge on any atom is 0.318 e. The van der Waals surface area contributed by atoms with Gasteiger partial charge in [-0.2, -0.15) is 4.31 Å². The van der Waals surface area contributed by atoms with Crippen LogP contribution in [0.4, 0.5) is 0 Å². The van der Waals surface area contributed by atoms with Gasteiger partial charge >= 0.3 is 5.97 Å². The second-order valence-electron chi connectivity index (χ2n) is 3.68. The zero-order chi connectivity index (χ0) is 14.5. The number of methoxy groups -OCH3 is 1. The van der Waals surface area contributed by atoms with Crippen LogP contribution in [-0.2, 0) is 19.6 Å². The van der Waals surface area contributed by atoms with Crippen LogP contribution in [0.5, 0.6) is 0 Å². The number of benzene rings is 1. The first kappa shape index (κ1) is 15.9. The molecule has 6 nitrogen and oxygen atoms in total. The summed E-state index contributed by atoms with van der Waals surface area (Å²) < 4.78 is 30.2. The van der Waals surface area contributed by atoms with Crippen LogP contribution >= 0.6 is 11.6 Å². The van der Waals surface area contributed by atoms with E-state index in [2.05, 4.69) is 0 Å². The van der Waals surface area contributed by atoms with Gasteiger partial charge in [0.25, 0.3) is 0 Å². The molecule has 0 aromatic heterocycles. The van der Waals surface area contributed by atoms with Crippen LogP contribution in [0.15, 0.2) is 29.2 Å². The second kappa shape index (κ2) is 6.85. The van der Waals surface area contributed by atoms with Gasteiger partial charge in [-0.25, -0.2) is 8.42 Å². The van der Waals surface area contributed by atoms with Crippen molar-refractivity contribution >= 4 is 27.6 Å². The highest BCUT2D eigenvalue weighted by Gasteiger charge is 2.26. The minimum atomic E-state index is -3.90. The number of aliphatic carboxylic acids is 1. The molecular weight excluding hydrogens is 294 g/mol. The number of hydrogen-bond donors (Lipinski definition) is 1. The zero-order valence-electron chi connectivity index (χ0n) is 10.2. The van der Waals surface area contributed by atoms with Gasteiger partial charge in [-0.3, -0.25) is 4.79 Å². The van der Waals surface area contributed by atoms with Crippen LogP contribution < -0.4 is 0 Å². The van der Waals surface area contributed by atoms with Gasteiger partial charge in [0.05, 0.1) is 11.5 Å². The fourth-order valence-corrected chi connectivity index (χ4v) is 3.08. The van der Waals surface area contributed by atoms with E-state index in [9.17, 15) is 13.2 Å². The molecule has 8 heteroatoms. The summed E-state index contributed by atoms with van der Waals surface area (Å²) in [5.41, 5.74) is 0. The van der Waals surface area contributed by atoms with Crippen molar-refractivity contribution in [2.75, 3.05) is 26.8 Å². The molecule has 0 fully saturated rings. The minimum absolute atomic E-state index is 0.0440. The maximum atomic E-state index is 12.3. The predicted molar refractivity (Wildman–Crippen MR) is 69.7 cm³/mol. The summed E-state index contributed by atoms with van der Waals surface area (Å²) in [6, 6.07) is 5.67. The molecule has 1 aromatic rings. The molecule has 0 radical (unpaired) electrons. The van der Waals surface area contributed by atoms with Crippen LogP contribution in [0.1, 0.15) is 0 Å². The Hall–Kier alpha value is -1.15. The monoisotopic (exact) mass is 307 g/mol. The van der Waals surface area contributed by atoms with E-state index < -0.39 is 22.5 Å². The fourth-order valence-electron chi connectivity index (χ4n) is 1.40. The number of carbonyl (C=O) groups is 1. The van der Waals surface area contributed by atoms with Crippen molar-refractivity contribution in [1.29, 1.82) is 0 Å². The zero-order valence-corrected chi connectivity index (χ0v) is 11.8. The van der Waals surface area contributed by atoms with E-state index in [1.54, 1.807) is 0 Å². The summed E-state index contributed by atoms with van der Waals surface area (Å²) in [7, 11) is -2.50. The predicted octanol–water partition coefficient (Wildman–Crippen LogP) is 1.06. The standard InChI is InChI=1S/C11H14ClNO5S/c1-18-6-5-13(8-11(14)15)19(16,17)10-4-2-3-9(12)7-10/h2-4,7H,5-6,8H2,1H3,(H,14,15). The molecule has 106 valence electrons. The van der Waals surface area contributed by atoms with Gasteiger partial charge < -0.3 is 9.84 Å². The molecule has 0 aliphatic rings. The molecular formula is C11H14ClNO5S. The normalized spacial score (nSPS) is 11.7. The van der Waals surface area contributed by atoms with E-state index >= 15 is 0 Å². The van der Waals surface area contributed by atoms with E-state index in [1.165, 1.54) is 31.4 Å². The van der Waals surface area contributed by atoms with Crippen molar-refractivity contribution in [3.8, 4) is 0 Å². The Balaban J connectivity index is 3.07. The van der Waals surface area contributed by atoms with Crippen molar-refractivity contribution in [2.45, 2.75) is 4.90 Å². The summed E-state index contributed by atoms with van der Waals surface area (Å²) in [6.07, 6.45) is 0. The Bertz CT molecular complexity index is 546. The van der Waals surface area contributed by atoms with Gasteiger partial charge in [0.15, 0.2) is 0 Å². The van der Waals surface area contributed by atoms with Gasteiger partial charge in [0.2, 0.25) is 10.0 Å². The fraction of sp³-hybridized carbons (Fsp3) is 0.364. The first-order valence-electron chi connectivity index (χ1n) is 5.34. The molecule has 1 N–H and O–H groups in total. The SMILES string of the molecule is COCCN(CC(=O)O)S(=O)(=O)c1cccc(Cl)c1. The summed E-state index contributed by atoms with van der Waals surface area (Å²) in [6.45, 7) is -0.567. The number of carboxylic acids is 1. The third-order valence-corrected chi connectivity index (χ3v) is 4.37. The number of rotatable bonds is 7. The molecule has 0 aliphatic heterocycles. The van der Waals surface area contributed by atoms with Gasteiger partial charge in [0, 0.05) is 18.7 Å². The number of ether oxygens (including phenoxy) is 1. The highest BCUT2D eigenvalue weighted by Crippen LogP contribution is 2.19. The third kappa shape index (κ3) is 4.46. The number of halogens is 1. The summed E-state index contributed by atoms with van der Waals surface area (Å²) in [5, 5.41) is 9.04. The molecule has 0 unspecified atom stereocenters. The van der Waals surface area contributed by atoms with Gasteiger partial charge in [0.1, 0.15) is 6.54 Å². The molecule has 0 amide bonds. The average Bonchev–Trinajstić information content (AvgIpc) is 2.34. The molecule has 0 spiro atoms. The van der Waals surface area contributed by atoms with Crippen LogP contribution in [-0.4, -0.2) is 50.6 Å². The van der Waals surface area contributed by atoms with Crippen LogP contribution in [0, 0.1) is 0 Å². The quantitative estimate of drug-likeness (QED) is 0.814. The first-order chi connectivity index (χ1) is 8.87. The lowest BCUT2D eigenvalue weighted by atomic mass is 10.4. The average molecular weight is 308 g/mol. The van der Waals surface area contributed by atoms with Crippen molar-refractivity contribution in [2.24, 2.45) is 0 Å². The van der Waals surface area contributed by atoms with E-state index in [-0.39, 0.29) is 23.1 Å². The molecule has 19 heavy (non-hydrogen) atoms. The Morgan fingerprint density at radius 3 is 2.68 bits per heavy atom. The maximum absolute atomic E-state index is 12.3. The Morgan fingerprint density at radius 1 is 1.47 bits per heavy atom. The van der Waals surface area contributed by atoms with Crippen molar-refractivity contribution < 1.29 is 23.1 Å². The minimum Gasteiger partial charge on any atom is -0.480 e. The summed E-state index contributed by atoms with van der Waals surface area (Å²) >= 11 is 5.74. The lowest BCUT2D eigenvalue weighted by Crippen LogP contribution is -2.37. The van der Waals surface area contributed by atoms with E-state index in [4.69, 9.17) is 21.4 Å². The molecule has 0 atom stereocenters. The lowest BCUT2D eigenvalue weighted by Gasteiger charge is -2.20. The molecule has 0 saturated carbocycles. The lowest BCUT2D eigenvalue weighted by molar-refractivity contribution is -0.137. The van der Waals surface area contributed by atoms with Crippen LogP contribution in [0.25, 0.3) is 0 Å². The Kier molecular flexibility index (Phi) is 5.74. The van der Waals surface area contributed by atoms with Gasteiger partial charge in [-0.05, 0) is 18.2 Å². The number of carboxylic acid groups (broad SMARTS) is 1. The van der Waals surface area contributed by atoms with Crippen molar-refractivity contribution in [3.63, 3.8) is 0 Å². The van der Waals surface area contributed by atoms with Crippen molar-refractivity contribution in [3.05, 3.63) is 29.3 Å². The van der Waals surface area contributed by atoms with E-state index in [0.717, 1.165) is 4.31 Å². The first-order valence-corrected chi connectivity index (χ1v) is 7.16. The summed E-state index contributed by atoms with van der Waals surface area (Å²) in [4.78, 5) is 10.7. The van der Waals surface area contributed by atoms with E-state index in [1.807, 2.05) is 0 Å². The topological polar surface area (TPSA) is 83.9 Å². The number of hydrogen-bond acceptors (Lipinski definition) is 4. The highest BCUT2D eigenvalue weighted by atomic mass is 35.5.